The Labute approximate surface area is 134 Å². The van der Waals surface area contributed by atoms with E-state index >= 15 is 0 Å². The Balaban J connectivity index is 1.67. The van der Waals surface area contributed by atoms with Crippen LogP contribution in [0.15, 0.2) is 62.4 Å². The molecule has 1 aromatic heterocycles. The highest BCUT2D eigenvalue weighted by molar-refractivity contribution is 9.10. The molecule has 2 N–H and O–H groups in total. The normalized spacial score (nSPS) is 10.7. The number of thioether (sulfide) groups is 1. The number of anilines is 1. The fraction of sp³-hybridized carbons (Fsp3) is 0.0667. The second-order valence-corrected chi connectivity index (χ2v) is 6.34. The average Bonchev–Trinajstić information content (AvgIpc) is 2.96. The van der Waals surface area contributed by atoms with Crippen LogP contribution >= 0.6 is 27.7 Å². The lowest BCUT2D eigenvalue weighted by Crippen LogP contribution is -1.85. The summed E-state index contributed by atoms with van der Waals surface area (Å²) >= 11 is 5.09. The van der Waals surface area contributed by atoms with Gasteiger partial charge in [-0.3, -0.25) is 0 Å². The molecule has 2 aromatic carbocycles. The molecule has 0 saturated heterocycles. The van der Waals surface area contributed by atoms with E-state index in [0.717, 1.165) is 14.9 Å². The van der Waals surface area contributed by atoms with Crippen molar-refractivity contribution in [3.63, 3.8) is 0 Å². The Kier molecular flexibility index (Phi) is 4.26. The number of hydrogen-bond donors (Lipinski definition) is 1. The van der Waals surface area contributed by atoms with Crippen molar-refractivity contribution in [2.75, 3.05) is 5.73 Å². The Hall–Kier alpha value is -1.79. The molecule has 0 fully saturated rings. The third-order valence-corrected chi connectivity index (χ3v) is 4.34. The molecule has 1 heterocycles. The summed E-state index contributed by atoms with van der Waals surface area (Å²) in [6.45, 7) is 0. The molecule has 106 valence electrons. The molecule has 6 heteroatoms. The Bertz CT molecular complexity index is 725. The van der Waals surface area contributed by atoms with Gasteiger partial charge in [-0.2, -0.15) is 4.98 Å². The minimum absolute atomic E-state index is 0.515. The van der Waals surface area contributed by atoms with Gasteiger partial charge in [-0.05, 0) is 48.5 Å². The standard InChI is InChI=1S/C15H12BrN3OS/c16-11-3-7-13(8-4-11)21-9-14-18-15(20-19-14)10-1-5-12(17)6-2-10/h1-8H,9,17H2. The molecule has 3 rings (SSSR count). The van der Waals surface area contributed by atoms with Gasteiger partial charge in [0.15, 0.2) is 5.82 Å². The topological polar surface area (TPSA) is 64.9 Å². The fourth-order valence-electron chi connectivity index (χ4n) is 1.73. The van der Waals surface area contributed by atoms with E-state index in [-0.39, 0.29) is 0 Å². The van der Waals surface area contributed by atoms with Crippen LogP contribution in [0.25, 0.3) is 11.5 Å². The van der Waals surface area contributed by atoms with Crippen molar-refractivity contribution < 1.29 is 4.52 Å². The summed E-state index contributed by atoms with van der Waals surface area (Å²) in [4.78, 5) is 5.56. The van der Waals surface area contributed by atoms with E-state index < -0.39 is 0 Å². The first-order valence-corrected chi connectivity index (χ1v) is 8.05. The molecule has 4 nitrogen and oxygen atoms in total. The van der Waals surface area contributed by atoms with Crippen LogP contribution in [0.4, 0.5) is 5.69 Å². The molecule has 0 unspecified atom stereocenters. The van der Waals surface area contributed by atoms with Crippen molar-refractivity contribution in [2.24, 2.45) is 0 Å². The van der Waals surface area contributed by atoms with E-state index in [1.165, 1.54) is 0 Å². The zero-order valence-corrected chi connectivity index (χ0v) is 13.4. The maximum atomic E-state index is 5.66. The minimum atomic E-state index is 0.515. The monoisotopic (exact) mass is 361 g/mol. The molecule has 0 spiro atoms. The molecule has 21 heavy (non-hydrogen) atoms. The Morgan fingerprint density at radius 2 is 1.76 bits per heavy atom. The predicted octanol–water partition coefficient (Wildman–Crippen LogP) is 4.37. The van der Waals surface area contributed by atoms with E-state index in [0.29, 0.717) is 23.2 Å². The number of halogens is 1. The summed E-state index contributed by atoms with van der Waals surface area (Å²) in [6.07, 6.45) is 0. The molecule has 0 radical (unpaired) electrons. The highest BCUT2D eigenvalue weighted by Gasteiger charge is 2.09. The van der Waals surface area contributed by atoms with Crippen LogP contribution < -0.4 is 5.73 Å². The first-order valence-electron chi connectivity index (χ1n) is 6.27. The number of hydrogen-bond acceptors (Lipinski definition) is 5. The lowest BCUT2D eigenvalue weighted by atomic mass is 10.2. The summed E-state index contributed by atoms with van der Waals surface area (Å²) in [6, 6.07) is 15.5. The van der Waals surface area contributed by atoms with Crippen LogP contribution in [-0.4, -0.2) is 10.1 Å². The molecule has 0 aliphatic rings. The van der Waals surface area contributed by atoms with Crippen molar-refractivity contribution in [3.8, 4) is 11.5 Å². The molecule has 0 saturated carbocycles. The van der Waals surface area contributed by atoms with Crippen molar-refractivity contribution in [3.05, 3.63) is 58.8 Å². The van der Waals surface area contributed by atoms with E-state index in [1.807, 2.05) is 36.4 Å². The van der Waals surface area contributed by atoms with Crippen molar-refractivity contribution in [1.29, 1.82) is 0 Å². The summed E-state index contributed by atoms with van der Waals surface area (Å²) in [7, 11) is 0. The first kappa shape index (κ1) is 14.2. The van der Waals surface area contributed by atoms with E-state index in [1.54, 1.807) is 11.8 Å². The first-order chi connectivity index (χ1) is 10.2. The van der Waals surface area contributed by atoms with Gasteiger partial charge in [0, 0.05) is 20.6 Å². The maximum absolute atomic E-state index is 5.66. The van der Waals surface area contributed by atoms with Gasteiger partial charge in [0.25, 0.3) is 5.89 Å². The fourth-order valence-corrected chi connectivity index (χ4v) is 2.74. The average molecular weight is 362 g/mol. The zero-order chi connectivity index (χ0) is 14.7. The molecule has 0 aliphatic heterocycles. The molecule has 0 atom stereocenters. The zero-order valence-electron chi connectivity index (χ0n) is 11.0. The molecular weight excluding hydrogens is 350 g/mol. The van der Waals surface area contributed by atoms with Gasteiger partial charge < -0.3 is 10.3 Å². The third kappa shape index (κ3) is 3.65. The van der Waals surface area contributed by atoms with Crippen LogP contribution in [0.1, 0.15) is 5.82 Å². The van der Waals surface area contributed by atoms with E-state index in [4.69, 9.17) is 10.3 Å². The highest BCUT2D eigenvalue weighted by Crippen LogP contribution is 2.25. The molecule has 3 aromatic rings. The SMILES string of the molecule is Nc1ccc(-c2nc(CSc3ccc(Br)cc3)no2)cc1. The van der Waals surface area contributed by atoms with Crippen molar-refractivity contribution in [2.45, 2.75) is 10.6 Å². The van der Waals surface area contributed by atoms with Crippen molar-refractivity contribution in [1.82, 2.24) is 10.1 Å². The number of aromatic nitrogens is 2. The summed E-state index contributed by atoms with van der Waals surface area (Å²) < 4.78 is 6.34. The van der Waals surface area contributed by atoms with Crippen LogP contribution in [0, 0.1) is 0 Å². The van der Waals surface area contributed by atoms with Gasteiger partial charge in [0.2, 0.25) is 0 Å². The predicted molar refractivity (Wildman–Crippen MR) is 87.8 cm³/mol. The molecule has 0 amide bonds. The van der Waals surface area contributed by atoms with Gasteiger partial charge in [-0.15, -0.1) is 11.8 Å². The Morgan fingerprint density at radius 3 is 2.48 bits per heavy atom. The van der Waals surface area contributed by atoms with E-state index in [9.17, 15) is 0 Å². The minimum Gasteiger partial charge on any atom is -0.399 e. The quantitative estimate of drug-likeness (QED) is 0.551. The number of rotatable bonds is 4. The molecule has 0 aliphatic carbocycles. The van der Waals surface area contributed by atoms with Crippen LogP contribution in [0.3, 0.4) is 0 Å². The molecular formula is C15H12BrN3OS. The van der Waals surface area contributed by atoms with Gasteiger partial charge in [0.05, 0.1) is 5.75 Å². The van der Waals surface area contributed by atoms with Crippen LogP contribution in [0.5, 0.6) is 0 Å². The Morgan fingerprint density at radius 1 is 1.05 bits per heavy atom. The van der Waals surface area contributed by atoms with Gasteiger partial charge in [-0.25, -0.2) is 0 Å². The van der Waals surface area contributed by atoms with Crippen LogP contribution in [-0.2, 0) is 5.75 Å². The number of nitrogens with two attached hydrogens (primary N) is 1. The molecule has 0 bridgehead atoms. The largest absolute Gasteiger partial charge is 0.399 e. The summed E-state index contributed by atoms with van der Waals surface area (Å²) in [5, 5.41) is 4.00. The van der Waals surface area contributed by atoms with Crippen LogP contribution in [0.2, 0.25) is 0 Å². The lowest BCUT2D eigenvalue weighted by molar-refractivity contribution is 0.425. The van der Waals surface area contributed by atoms with Gasteiger partial charge in [-0.1, -0.05) is 21.1 Å². The number of nitrogen functional groups attached to an aromatic ring is 1. The van der Waals surface area contributed by atoms with Gasteiger partial charge in [0.1, 0.15) is 0 Å². The third-order valence-electron chi connectivity index (χ3n) is 2.81. The summed E-state index contributed by atoms with van der Waals surface area (Å²) in [5.74, 6) is 1.86. The second-order valence-electron chi connectivity index (χ2n) is 4.38. The number of benzene rings is 2. The maximum Gasteiger partial charge on any atom is 0.257 e. The van der Waals surface area contributed by atoms with E-state index in [2.05, 4.69) is 38.2 Å². The number of nitrogens with zero attached hydrogens (tertiary/aromatic N) is 2. The smallest absolute Gasteiger partial charge is 0.257 e. The summed E-state index contributed by atoms with van der Waals surface area (Å²) in [5.41, 5.74) is 7.24. The highest BCUT2D eigenvalue weighted by atomic mass is 79.9. The lowest BCUT2D eigenvalue weighted by Gasteiger charge is -1.98. The van der Waals surface area contributed by atoms with Gasteiger partial charge >= 0.3 is 0 Å². The van der Waals surface area contributed by atoms with Crippen molar-refractivity contribution >= 4 is 33.4 Å². The second kappa shape index (κ2) is 6.32.